The Morgan fingerprint density at radius 3 is 2.00 bits per heavy atom. The lowest BCUT2D eigenvalue weighted by Crippen LogP contribution is -1.95. The third-order valence-electron chi connectivity index (χ3n) is 7.26. The van der Waals surface area contributed by atoms with Crippen LogP contribution in [0.1, 0.15) is 0 Å². The predicted octanol–water partition coefficient (Wildman–Crippen LogP) is 8.34. The molecule has 164 valence electrons. The number of hydrogen-bond donors (Lipinski definition) is 1. The Morgan fingerprint density at radius 2 is 1.20 bits per heavy atom. The van der Waals surface area contributed by atoms with E-state index in [1.54, 1.807) is 0 Å². The predicted molar refractivity (Wildman–Crippen MR) is 147 cm³/mol. The maximum Gasteiger partial charge on any atom is 0.0772 e. The number of aromatic amines is 1. The second-order valence-corrected chi connectivity index (χ2v) is 9.15. The quantitative estimate of drug-likeness (QED) is 0.275. The summed E-state index contributed by atoms with van der Waals surface area (Å²) in [4.78, 5) is 3.72. The van der Waals surface area contributed by atoms with Gasteiger partial charge in [-0.1, -0.05) is 72.8 Å². The summed E-state index contributed by atoms with van der Waals surface area (Å²) >= 11 is 0. The monoisotopic (exact) mass is 447 g/mol. The maximum atomic E-state index is 3.72. The Morgan fingerprint density at radius 1 is 0.543 bits per heavy atom. The van der Waals surface area contributed by atoms with Gasteiger partial charge in [-0.15, -0.1) is 0 Å². The molecule has 0 saturated heterocycles. The Hall–Kier alpha value is -4.76. The number of para-hydroxylation sites is 3. The van der Waals surface area contributed by atoms with E-state index in [2.05, 4.69) is 135 Å². The zero-order valence-electron chi connectivity index (χ0n) is 18.9. The van der Waals surface area contributed by atoms with E-state index in [4.69, 9.17) is 0 Å². The van der Waals surface area contributed by atoms with Gasteiger partial charge in [0.15, 0.2) is 0 Å². The van der Waals surface area contributed by atoms with Crippen LogP contribution in [-0.4, -0.2) is 14.0 Å². The summed E-state index contributed by atoms with van der Waals surface area (Å²) in [7, 11) is 0. The Balaban J connectivity index is 1.46. The SMILES string of the molecule is c1cc(-c2c3[nH]c4ccccc4c3c3ccccn23)cc(-n2c3ccccc3c3ccccc32)c1. The van der Waals surface area contributed by atoms with Crippen LogP contribution in [0.25, 0.3) is 66.1 Å². The van der Waals surface area contributed by atoms with E-state index in [1.807, 2.05) is 0 Å². The van der Waals surface area contributed by atoms with Crippen molar-refractivity contribution in [2.45, 2.75) is 0 Å². The van der Waals surface area contributed by atoms with Gasteiger partial charge in [-0.3, -0.25) is 0 Å². The van der Waals surface area contributed by atoms with Crippen molar-refractivity contribution in [1.82, 2.24) is 14.0 Å². The number of fused-ring (bicyclic) bond motifs is 8. The van der Waals surface area contributed by atoms with E-state index < -0.39 is 0 Å². The molecule has 8 aromatic rings. The standard InChI is InChI=1S/C32H21N3/c1-4-15-26-25(14-1)30-29-18-7-8-19-34(29)32(31(30)33-26)21-10-9-11-22(20-21)35-27-16-5-2-12-23(27)24-13-3-6-17-28(24)35/h1-20,33H. The Bertz CT molecular complexity index is 2010. The van der Waals surface area contributed by atoms with Gasteiger partial charge in [-0.05, 0) is 42.5 Å². The zero-order chi connectivity index (χ0) is 22.9. The first kappa shape index (κ1) is 18.6. The Labute approximate surface area is 201 Å². The molecule has 0 unspecified atom stereocenters. The van der Waals surface area contributed by atoms with Crippen molar-refractivity contribution in [3.63, 3.8) is 0 Å². The largest absolute Gasteiger partial charge is 0.353 e. The molecule has 35 heavy (non-hydrogen) atoms. The molecule has 8 rings (SSSR count). The fourth-order valence-corrected chi connectivity index (χ4v) is 5.82. The number of benzene rings is 4. The first-order chi connectivity index (χ1) is 17.4. The van der Waals surface area contributed by atoms with Gasteiger partial charge in [-0.2, -0.15) is 0 Å². The smallest absolute Gasteiger partial charge is 0.0772 e. The van der Waals surface area contributed by atoms with Gasteiger partial charge in [-0.25, -0.2) is 0 Å². The molecule has 0 fully saturated rings. The second kappa shape index (κ2) is 6.87. The fourth-order valence-electron chi connectivity index (χ4n) is 5.82. The highest BCUT2D eigenvalue weighted by Crippen LogP contribution is 2.39. The van der Waals surface area contributed by atoms with E-state index in [0.717, 1.165) is 5.69 Å². The van der Waals surface area contributed by atoms with Crippen molar-refractivity contribution >= 4 is 49.1 Å². The maximum absolute atomic E-state index is 3.72. The minimum atomic E-state index is 1.16. The number of nitrogens with one attached hydrogen (secondary N) is 1. The molecule has 0 aliphatic heterocycles. The molecule has 3 heteroatoms. The molecule has 0 amide bonds. The highest BCUT2D eigenvalue weighted by atomic mass is 15.0. The number of H-pyrrole nitrogens is 1. The summed E-state index contributed by atoms with van der Waals surface area (Å²) in [6.07, 6.45) is 2.17. The summed E-state index contributed by atoms with van der Waals surface area (Å²) in [5.41, 5.74) is 9.55. The fraction of sp³-hybridized carbons (Fsp3) is 0. The molecule has 4 aromatic carbocycles. The average Bonchev–Trinajstić information content (AvgIpc) is 3.55. The van der Waals surface area contributed by atoms with E-state index in [9.17, 15) is 0 Å². The van der Waals surface area contributed by atoms with Gasteiger partial charge < -0.3 is 14.0 Å². The molecule has 3 nitrogen and oxygen atoms in total. The average molecular weight is 448 g/mol. The lowest BCUT2D eigenvalue weighted by atomic mass is 10.1. The molecular weight excluding hydrogens is 426 g/mol. The van der Waals surface area contributed by atoms with Crippen LogP contribution >= 0.6 is 0 Å². The van der Waals surface area contributed by atoms with Gasteiger partial charge in [0.2, 0.25) is 0 Å². The molecule has 4 heterocycles. The number of pyridine rings is 1. The summed E-state index contributed by atoms with van der Waals surface area (Å²) in [6.45, 7) is 0. The van der Waals surface area contributed by atoms with E-state index in [0.29, 0.717) is 0 Å². The molecule has 0 saturated carbocycles. The van der Waals surface area contributed by atoms with Crippen LogP contribution in [0.15, 0.2) is 121 Å². The summed E-state index contributed by atoms with van der Waals surface area (Å²) < 4.78 is 4.70. The van der Waals surface area contributed by atoms with Crippen molar-refractivity contribution in [3.8, 4) is 16.9 Å². The van der Waals surface area contributed by atoms with Crippen LogP contribution in [0.2, 0.25) is 0 Å². The van der Waals surface area contributed by atoms with E-state index >= 15 is 0 Å². The summed E-state index contributed by atoms with van der Waals surface area (Å²) in [6, 6.07) is 41.3. The molecule has 1 N–H and O–H groups in total. The van der Waals surface area contributed by atoms with Crippen LogP contribution < -0.4 is 0 Å². The summed E-state index contributed by atoms with van der Waals surface area (Å²) in [5.74, 6) is 0. The van der Waals surface area contributed by atoms with Crippen molar-refractivity contribution < 1.29 is 0 Å². The third-order valence-corrected chi connectivity index (χ3v) is 7.26. The van der Waals surface area contributed by atoms with Gasteiger partial charge in [0, 0.05) is 44.5 Å². The van der Waals surface area contributed by atoms with Gasteiger partial charge in [0.1, 0.15) is 0 Å². The topological polar surface area (TPSA) is 25.1 Å². The lowest BCUT2D eigenvalue weighted by molar-refractivity contribution is 1.17. The normalized spacial score (nSPS) is 12.0. The third kappa shape index (κ3) is 2.50. The molecule has 0 aliphatic rings. The number of hydrogen-bond acceptors (Lipinski definition) is 0. The van der Waals surface area contributed by atoms with Crippen molar-refractivity contribution in [3.05, 3.63) is 121 Å². The van der Waals surface area contributed by atoms with Gasteiger partial charge in [0.05, 0.1) is 27.8 Å². The molecular formula is C32H21N3. The molecule has 0 spiro atoms. The van der Waals surface area contributed by atoms with E-state index in [-0.39, 0.29) is 0 Å². The Kier molecular flexibility index (Phi) is 3.66. The number of nitrogens with zero attached hydrogens (tertiary/aromatic N) is 2. The number of rotatable bonds is 2. The molecule has 0 bridgehead atoms. The van der Waals surface area contributed by atoms with Crippen molar-refractivity contribution in [2.24, 2.45) is 0 Å². The first-order valence-corrected chi connectivity index (χ1v) is 12.0. The second-order valence-electron chi connectivity index (χ2n) is 9.15. The highest BCUT2D eigenvalue weighted by molar-refractivity contribution is 6.19. The van der Waals surface area contributed by atoms with Crippen LogP contribution in [0.3, 0.4) is 0 Å². The molecule has 0 atom stereocenters. The highest BCUT2D eigenvalue weighted by Gasteiger charge is 2.19. The zero-order valence-corrected chi connectivity index (χ0v) is 18.9. The van der Waals surface area contributed by atoms with Crippen LogP contribution in [0, 0.1) is 0 Å². The molecule has 4 aromatic heterocycles. The van der Waals surface area contributed by atoms with Gasteiger partial charge in [0.25, 0.3) is 0 Å². The number of aromatic nitrogens is 3. The van der Waals surface area contributed by atoms with Crippen molar-refractivity contribution in [1.29, 1.82) is 0 Å². The summed E-state index contributed by atoms with van der Waals surface area (Å²) in [5, 5.41) is 5.09. The van der Waals surface area contributed by atoms with Crippen LogP contribution in [-0.2, 0) is 0 Å². The lowest BCUT2D eigenvalue weighted by Gasteiger charge is -2.11. The van der Waals surface area contributed by atoms with Crippen molar-refractivity contribution in [2.75, 3.05) is 0 Å². The minimum absolute atomic E-state index is 1.16. The molecule has 0 aliphatic carbocycles. The van der Waals surface area contributed by atoms with E-state index in [1.165, 1.54) is 60.4 Å². The minimum Gasteiger partial charge on any atom is -0.353 e. The van der Waals surface area contributed by atoms with Gasteiger partial charge >= 0.3 is 0 Å². The molecule has 0 radical (unpaired) electrons. The first-order valence-electron chi connectivity index (χ1n) is 12.0. The van der Waals surface area contributed by atoms with Crippen LogP contribution in [0.4, 0.5) is 0 Å². The van der Waals surface area contributed by atoms with Crippen LogP contribution in [0.5, 0.6) is 0 Å².